The first-order chi connectivity index (χ1) is 10.0. The van der Waals surface area contributed by atoms with E-state index in [1.54, 1.807) is 6.92 Å². The molecule has 0 fully saturated rings. The predicted molar refractivity (Wildman–Crippen MR) is 76.4 cm³/mol. The van der Waals surface area contributed by atoms with E-state index < -0.39 is 28.5 Å². The molecule has 0 aliphatic heterocycles. The number of halogens is 3. The van der Waals surface area contributed by atoms with Crippen LogP contribution in [0.4, 0.5) is 13.2 Å². The molecule has 0 aromatic heterocycles. The van der Waals surface area contributed by atoms with Crippen molar-refractivity contribution in [2.24, 2.45) is 0 Å². The average Bonchev–Trinajstić information content (AvgIpc) is 2.40. The Morgan fingerprint density at radius 3 is 2.41 bits per heavy atom. The van der Waals surface area contributed by atoms with Gasteiger partial charge in [0.25, 0.3) is 5.91 Å². The largest absolute Gasteiger partial charge is 0.406 e. The molecule has 8 heteroatoms. The molecule has 0 saturated carbocycles. The van der Waals surface area contributed by atoms with Crippen molar-refractivity contribution in [1.82, 2.24) is 4.90 Å². The lowest BCUT2D eigenvalue weighted by Crippen LogP contribution is -2.39. The van der Waals surface area contributed by atoms with Crippen LogP contribution < -0.4 is 0 Å². The molecular formula is C14H18F3NO3S. The maximum atomic E-state index is 12.6. The highest BCUT2D eigenvalue weighted by Gasteiger charge is 2.33. The fraction of sp³-hybridized carbons (Fsp3) is 0.500. The molecule has 22 heavy (non-hydrogen) atoms. The van der Waals surface area contributed by atoms with Gasteiger partial charge in [0, 0.05) is 18.4 Å². The van der Waals surface area contributed by atoms with Crippen LogP contribution >= 0.6 is 0 Å². The monoisotopic (exact) mass is 337 g/mol. The number of carbonyl (C=O) groups excluding carboxylic acids is 1. The number of alkyl halides is 3. The van der Waals surface area contributed by atoms with Crippen LogP contribution in [-0.2, 0) is 9.84 Å². The van der Waals surface area contributed by atoms with Crippen molar-refractivity contribution in [3.8, 4) is 0 Å². The van der Waals surface area contributed by atoms with Gasteiger partial charge in [0.1, 0.15) is 6.54 Å². The molecule has 0 N–H and O–H groups in total. The minimum atomic E-state index is -4.50. The number of sulfone groups is 1. The SMILES string of the molecule is CCCCN(CC(F)(F)F)C(=O)c1cccc(S(C)(=O)=O)c1. The van der Waals surface area contributed by atoms with Gasteiger partial charge < -0.3 is 4.90 Å². The third kappa shape index (κ3) is 5.67. The number of carbonyl (C=O) groups is 1. The van der Waals surface area contributed by atoms with Gasteiger partial charge in [0.2, 0.25) is 0 Å². The standard InChI is InChI=1S/C14H18F3NO3S/c1-3-4-8-18(10-14(15,16)17)13(19)11-6-5-7-12(9-11)22(2,20)21/h5-7,9H,3-4,8,10H2,1-2H3. The summed E-state index contributed by atoms with van der Waals surface area (Å²) in [5, 5.41) is 0. The Bertz CT molecular complexity index is 626. The molecule has 1 amide bonds. The first-order valence-corrected chi connectivity index (χ1v) is 8.60. The molecule has 4 nitrogen and oxygen atoms in total. The Labute approximate surface area is 127 Å². The van der Waals surface area contributed by atoms with Crippen molar-refractivity contribution in [3.05, 3.63) is 29.8 Å². The van der Waals surface area contributed by atoms with Crippen molar-refractivity contribution >= 4 is 15.7 Å². The van der Waals surface area contributed by atoms with Gasteiger partial charge in [0.15, 0.2) is 9.84 Å². The summed E-state index contributed by atoms with van der Waals surface area (Å²) in [6.07, 6.45) is -2.45. The van der Waals surface area contributed by atoms with Gasteiger partial charge in [-0.2, -0.15) is 13.2 Å². The molecule has 0 unspecified atom stereocenters. The summed E-state index contributed by atoms with van der Waals surface area (Å²) >= 11 is 0. The molecule has 0 aliphatic rings. The van der Waals surface area contributed by atoms with E-state index in [0.717, 1.165) is 12.3 Å². The normalized spacial score (nSPS) is 12.2. The van der Waals surface area contributed by atoms with Gasteiger partial charge in [0.05, 0.1) is 4.90 Å². The zero-order valence-electron chi connectivity index (χ0n) is 12.4. The van der Waals surface area contributed by atoms with Crippen molar-refractivity contribution in [2.75, 3.05) is 19.3 Å². The van der Waals surface area contributed by atoms with Gasteiger partial charge in [-0.25, -0.2) is 8.42 Å². The maximum absolute atomic E-state index is 12.6. The van der Waals surface area contributed by atoms with E-state index in [0.29, 0.717) is 17.7 Å². The van der Waals surface area contributed by atoms with E-state index in [4.69, 9.17) is 0 Å². The highest BCUT2D eigenvalue weighted by Crippen LogP contribution is 2.20. The van der Waals surface area contributed by atoms with Crippen LogP contribution in [0.25, 0.3) is 0 Å². The van der Waals surface area contributed by atoms with Crippen molar-refractivity contribution in [1.29, 1.82) is 0 Å². The fourth-order valence-electron chi connectivity index (χ4n) is 1.86. The fourth-order valence-corrected chi connectivity index (χ4v) is 2.53. The van der Waals surface area contributed by atoms with Gasteiger partial charge in [-0.3, -0.25) is 4.79 Å². The Morgan fingerprint density at radius 1 is 1.27 bits per heavy atom. The third-order valence-electron chi connectivity index (χ3n) is 2.95. The smallest absolute Gasteiger partial charge is 0.330 e. The van der Waals surface area contributed by atoms with Crippen LogP contribution in [0.3, 0.4) is 0 Å². The molecule has 0 spiro atoms. The lowest BCUT2D eigenvalue weighted by Gasteiger charge is -2.24. The summed E-state index contributed by atoms with van der Waals surface area (Å²) in [6, 6.07) is 5.06. The molecule has 1 aromatic rings. The molecule has 0 saturated heterocycles. The van der Waals surface area contributed by atoms with Crippen molar-refractivity contribution in [3.63, 3.8) is 0 Å². The average molecular weight is 337 g/mol. The number of hydrogen-bond donors (Lipinski definition) is 0. The molecule has 1 aromatic carbocycles. The van der Waals surface area contributed by atoms with E-state index >= 15 is 0 Å². The molecule has 0 bridgehead atoms. The highest BCUT2D eigenvalue weighted by molar-refractivity contribution is 7.90. The zero-order valence-corrected chi connectivity index (χ0v) is 13.2. The molecule has 0 atom stereocenters. The number of rotatable bonds is 6. The van der Waals surface area contributed by atoms with Crippen LogP contribution in [0, 0.1) is 0 Å². The second kappa shape index (κ2) is 7.13. The van der Waals surface area contributed by atoms with E-state index in [9.17, 15) is 26.4 Å². The molecular weight excluding hydrogens is 319 g/mol. The van der Waals surface area contributed by atoms with Gasteiger partial charge in [-0.1, -0.05) is 19.4 Å². The van der Waals surface area contributed by atoms with Crippen molar-refractivity contribution in [2.45, 2.75) is 30.8 Å². The van der Waals surface area contributed by atoms with Crippen molar-refractivity contribution < 1.29 is 26.4 Å². The third-order valence-corrected chi connectivity index (χ3v) is 4.06. The zero-order chi connectivity index (χ0) is 17.0. The van der Waals surface area contributed by atoms with Crippen LogP contribution in [0.15, 0.2) is 29.2 Å². The summed E-state index contributed by atoms with van der Waals surface area (Å²) < 4.78 is 60.7. The Balaban J connectivity index is 3.08. The van der Waals surface area contributed by atoms with Crippen LogP contribution in [0.1, 0.15) is 30.1 Å². The summed E-state index contributed by atoms with van der Waals surface area (Å²) in [5.41, 5.74) is -0.0664. The molecule has 0 radical (unpaired) electrons. The quantitative estimate of drug-likeness (QED) is 0.802. The minimum Gasteiger partial charge on any atom is -0.330 e. The molecule has 0 aliphatic carbocycles. The summed E-state index contributed by atoms with van der Waals surface area (Å²) in [5.74, 6) is -0.823. The number of amides is 1. The highest BCUT2D eigenvalue weighted by atomic mass is 32.2. The van der Waals surface area contributed by atoms with Gasteiger partial charge >= 0.3 is 6.18 Å². The second-order valence-corrected chi connectivity index (χ2v) is 7.01. The summed E-state index contributed by atoms with van der Waals surface area (Å²) in [6.45, 7) is 0.424. The first-order valence-electron chi connectivity index (χ1n) is 6.70. The topological polar surface area (TPSA) is 54.5 Å². The second-order valence-electron chi connectivity index (χ2n) is 5.00. The van der Waals surface area contributed by atoms with Gasteiger partial charge in [-0.15, -0.1) is 0 Å². The van der Waals surface area contributed by atoms with E-state index in [1.165, 1.54) is 18.2 Å². The predicted octanol–water partition coefficient (Wildman–Crippen LogP) is 2.89. The first kappa shape index (κ1) is 18.5. The Kier molecular flexibility index (Phi) is 5.99. The lowest BCUT2D eigenvalue weighted by atomic mass is 10.2. The Hall–Kier alpha value is -1.57. The van der Waals surface area contributed by atoms with E-state index in [-0.39, 0.29) is 17.0 Å². The van der Waals surface area contributed by atoms with Gasteiger partial charge in [-0.05, 0) is 24.6 Å². The summed E-state index contributed by atoms with van der Waals surface area (Å²) in [4.78, 5) is 12.8. The molecule has 124 valence electrons. The molecule has 0 heterocycles. The van der Waals surface area contributed by atoms with Crippen LogP contribution in [0.2, 0.25) is 0 Å². The van der Waals surface area contributed by atoms with E-state index in [1.807, 2.05) is 0 Å². The lowest BCUT2D eigenvalue weighted by molar-refractivity contribution is -0.140. The number of nitrogens with zero attached hydrogens (tertiary/aromatic N) is 1. The maximum Gasteiger partial charge on any atom is 0.406 e. The van der Waals surface area contributed by atoms with Crippen LogP contribution in [-0.4, -0.2) is 44.7 Å². The number of hydrogen-bond acceptors (Lipinski definition) is 3. The minimum absolute atomic E-state index is 0.0298. The Morgan fingerprint density at radius 2 is 1.91 bits per heavy atom. The summed E-state index contributed by atoms with van der Waals surface area (Å²) in [7, 11) is -3.53. The molecule has 1 rings (SSSR count). The van der Waals surface area contributed by atoms with E-state index in [2.05, 4.69) is 0 Å². The number of benzene rings is 1. The van der Waals surface area contributed by atoms with Crippen LogP contribution in [0.5, 0.6) is 0 Å². The number of unbranched alkanes of at least 4 members (excludes halogenated alkanes) is 1.